The number of benzene rings is 2. The zero-order valence-electron chi connectivity index (χ0n) is 11.5. The molecule has 2 rings (SSSR count). The minimum absolute atomic E-state index is 0.402. The normalized spacial score (nSPS) is 11.9. The van der Waals surface area contributed by atoms with Gasteiger partial charge in [0.05, 0.1) is 0 Å². The topological polar surface area (TPSA) is 55.1 Å². The van der Waals surface area contributed by atoms with Crippen LogP contribution in [0.1, 0.15) is 22.7 Å². The molecular formula is C16H17BrN2O. The number of rotatable bonds is 4. The third-order valence-electron chi connectivity index (χ3n) is 3.18. The van der Waals surface area contributed by atoms with Crippen molar-refractivity contribution >= 4 is 27.5 Å². The first kappa shape index (κ1) is 14.6. The van der Waals surface area contributed by atoms with Crippen LogP contribution in [0, 0.1) is 13.8 Å². The summed E-state index contributed by atoms with van der Waals surface area (Å²) < 4.78 is 0.965. The molecule has 3 nitrogen and oxygen atoms in total. The first-order chi connectivity index (χ1) is 9.47. The van der Waals surface area contributed by atoms with Crippen molar-refractivity contribution in [1.29, 1.82) is 0 Å². The largest absolute Gasteiger partial charge is 0.370 e. The molecule has 1 unspecified atom stereocenters. The van der Waals surface area contributed by atoms with E-state index >= 15 is 0 Å². The van der Waals surface area contributed by atoms with Crippen LogP contribution in [0.15, 0.2) is 46.9 Å². The van der Waals surface area contributed by atoms with E-state index in [1.807, 2.05) is 56.3 Å². The second-order valence-electron chi connectivity index (χ2n) is 4.85. The summed E-state index contributed by atoms with van der Waals surface area (Å²) in [6.07, 6.45) is 0. The Labute approximate surface area is 127 Å². The van der Waals surface area contributed by atoms with Crippen molar-refractivity contribution in [2.45, 2.75) is 19.9 Å². The Bertz CT molecular complexity index is 623. The number of carbonyl (C=O) groups excluding carboxylic acids is 1. The van der Waals surface area contributed by atoms with E-state index in [2.05, 4.69) is 21.2 Å². The van der Waals surface area contributed by atoms with E-state index in [4.69, 9.17) is 5.73 Å². The summed E-state index contributed by atoms with van der Waals surface area (Å²) in [5, 5.41) is 3.17. The Hall–Kier alpha value is -1.81. The van der Waals surface area contributed by atoms with E-state index in [9.17, 15) is 4.79 Å². The van der Waals surface area contributed by atoms with Gasteiger partial charge in [0.15, 0.2) is 0 Å². The lowest BCUT2D eigenvalue weighted by Crippen LogP contribution is -2.27. The molecule has 0 aliphatic rings. The zero-order chi connectivity index (χ0) is 14.7. The van der Waals surface area contributed by atoms with Gasteiger partial charge in [-0.25, -0.2) is 0 Å². The molecule has 3 N–H and O–H groups in total. The fourth-order valence-electron chi connectivity index (χ4n) is 1.92. The highest BCUT2D eigenvalue weighted by Crippen LogP contribution is 2.24. The third-order valence-corrected chi connectivity index (χ3v) is 4.03. The van der Waals surface area contributed by atoms with Gasteiger partial charge in [-0.15, -0.1) is 0 Å². The number of nitrogens with one attached hydrogen (secondary N) is 1. The molecule has 0 spiro atoms. The van der Waals surface area contributed by atoms with Crippen LogP contribution in [-0.2, 0) is 4.79 Å². The van der Waals surface area contributed by atoms with Crippen LogP contribution in [0.5, 0.6) is 0 Å². The number of aryl methyl sites for hydroxylation is 2. The van der Waals surface area contributed by atoms with Gasteiger partial charge in [-0.3, -0.25) is 4.79 Å². The Morgan fingerprint density at radius 3 is 2.35 bits per heavy atom. The molecule has 0 fully saturated rings. The molecule has 0 aliphatic carbocycles. The van der Waals surface area contributed by atoms with Gasteiger partial charge in [-0.05, 0) is 43.2 Å². The summed E-state index contributed by atoms with van der Waals surface area (Å²) in [7, 11) is 0. The highest BCUT2D eigenvalue weighted by molar-refractivity contribution is 9.10. The molecule has 0 bridgehead atoms. The second-order valence-corrected chi connectivity index (χ2v) is 5.71. The van der Waals surface area contributed by atoms with Crippen molar-refractivity contribution in [3.63, 3.8) is 0 Å². The van der Waals surface area contributed by atoms with Crippen LogP contribution in [0.4, 0.5) is 5.69 Å². The third kappa shape index (κ3) is 3.39. The number of amides is 1. The van der Waals surface area contributed by atoms with Gasteiger partial charge in [0.25, 0.3) is 0 Å². The summed E-state index contributed by atoms with van der Waals surface area (Å²) in [6, 6.07) is 13.1. The maximum absolute atomic E-state index is 11.7. The zero-order valence-corrected chi connectivity index (χ0v) is 13.1. The van der Waals surface area contributed by atoms with Crippen molar-refractivity contribution in [2.75, 3.05) is 5.32 Å². The smallest absolute Gasteiger partial charge is 0.244 e. The summed E-state index contributed by atoms with van der Waals surface area (Å²) in [6.45, 7) is 4.02. The highest BCUT2D eigenvalue weighted by atomic mass is 79.9. The number of hydrogen-bond donors (Lipinski definition) is 2. The van der Waals surface area contributed by atoms with Crippen molar-refractivity contribution < 1.29 is 4.79 Å². The molecule has 2 aromatic rings. The quantitative estimate of drug-likeness (QED) is 0.896. The number of nitrogens with two attached hydrogens (primary N) is 1. The summed E-state index contributed by atoms with van der Waals surface area (Å²) in [4.78, 5) is 11.7. The molecule has 1 amide bonds. The van der Waals surface area contributed by atoms with Gasteiger partial charge in [0.1, 0.15) is 6.04 Å². The molecule has 0 aromatic heterocycles. The van der Waals surface area contributed by atoms with Crippen molar-refractivity contribution in [1.82, 2.24) is 0 Å². The van der Waals surface area contributed by atoms with Crippen LogP contribution in [0.3, 0.4) is 0 Å². The average molecular weight is 333 g/mol. The van der Waals surface area contributed by atoms with Crippen molar-refractivity contribution in [2.24, 2.45) is 5.73 Å². The van der Waals surface area contributed by atoms with E-state index < -0.39 is 11.9 Å². The lowest BCUT2D eigenvalue weighted by Gasteiger charge is -2.18. The van der Waals surface area contributed by atoms with Gasteiger partial charge >= 0.3 is 0 Å². The number of primary amides is 1. The van der Waals surface area contributed by atoms with Gasteiger partial charge in [0.2, 0.25) is 5.91 Å². The molecule has 104 valence electrons. The van der Waals surface area contributed by atoms with Crippen LogP contribution in [0.25, 0.3) is 0 Å². The minimum Gasteiger partial charge on any atom is -0.370 e. The van der Waals surface area contributed by atoms with Gasteiger partial charge < -0.3 is 11.1 Å². The highest BCUT2D eigenvalue weighted by Gasteiger charge is 2.18. The lowest BCUT2D eigenvalue weighted by molar-refractivity contribution is -0.118. The molecule has 0 heterocycles. The van der Waals surface area contributed by atoms with E-state index in [0.717, 1.165) is 21.3 Å². The first-order valence-electron chi connectivity index (χ1n) is 6.36. The van der Waals surface area contributed by atoms with Crippen LogP contribution < -0.4 is 11.1 Å². The fourth-order valence-corrected chi connectivity index (χ4v) is 2.32. The van der Waals surface area contributed by atoms with Crippen LogP contribution in [-0.4, -0.2) is 5.91 Å². The van der Waals surface area contributed by atoms with Gasteiger partial charge in [0, 0.05) is 10.2 Å². The van der Waals surface area contributed by atoms with Crippen LogP contribution >= 0.6 is 15.9 Å². The second kappa shape index (κ2) is 6.09. The number of anilines is 1. The first-order valence-corrected chi connectivity index (χ1v) is 7.15. The molecule has 0 radical (unpaired) electrons. The molecular weight excluding hydrogens is 316 g/mol. The summed E-state index contributed by atoms with van der Waals surface area (Å²) >= 11 is 3.48. The van der Waals surface area contributed by atoms with Gasteiger partial charge in [-0.2, -0.15) is 0 Å². The van der Waals surface area contributed by atoms with E-state index in [1.54, 1.807) is 0 Å². The van der Waals surface area contributed by atoms with Crippen LogP contribution in [0.2, 0.25) is 0 Å². The number of hydrogen-bond acceptors (Lipinski definition) is 2. The molecule has 0 aliphatic heterocycles. The minimum atomic E-state index is -0.547. The Kier molecular flexibility index (Phi) is 4.45. The maximum Gasteiger partial charge on any atom is 0.244 e. The molecule has 2 aromatic carbocycles. The Morgan fingerprint density at radius 2 is 1.80 bits per heavy atom. The van der Waals surface area contributed by atoms with Crippen molar-refractivity contribution in [3.05, 3.63) is 63.6 Å². The summed E-state index contributed by atoms with van der Waals surface area (Å²) in [5.41, 5.74) is 9.52. The monoisotopic (exact) mass is 332 g/mol. The van der Waals surface area contributed by atoms with Crippen molar-refractivity contribution in [3.8, 4) is 0 Å². The SMILES string of the molecule is Cc1ccc(NC(C(N)=O)c2ccc(C)c(Br)c2)cc1. The van der Waals surface area contributed by atoms with E-state index in [-0.39, 0.29) is 0 Å². The standard InChI is InChI=1S/C16H17BrN2O/c1-10-3-7-13(8-4-10)19-15(16(18)20)12-6-5-11(2)14(17)9-12/h3-9,15,19H,1-2H3,(H2,18,20). The molecule has 4 heteroatoms. The van der Waals surface area contributed by atoms with E-state index in [0.29, 0.717) is 0 Å². The number of halogens is 1. The number of carbonyl (C=O) groups is 1. The summed E-state index contributed by atoms with van der Waals surface area (Å²) in [5.74, 6) is -0.402. The van der Waals surface area contributed by atoms with E-state index in [1.165, 1.54) is 5.56 Å². The lowest BCUT2D eigenvalue weighted by atomic mass is 10.0. The fraction of sp³-hybridized carbons (Fsp3) is 0.188. The Balaban J connectivity index is 2.29. The predicted octanol–water partition coefficient (Wildman–Crippen LogP) is 3.70. The molecule has 0 saturated carbocycles. The molecule has 1 atom stereocenters. The maximum atomic E-state index is 11.7. The predicted molar refractivity (Wildman–Crippen MR) is 85.6 cm³/mol. The van der Waals surface area contributed by atoms with Gasteiger partial charge in [-0.1, -0.05) is 45.8 Å². The average Bonchev–Trinajstić information content (AvgIpc) is 2.41. The molecule has 20 heavy (non-hydrogen) atoms. The molecule has 0 saturated heterocycles. The Morgan fingerprint density at radius 1 is 1.15 bits per heavy atom.